The Labute approximate surface area is 143 Å². The van der Waals surface area contributed by atoms with E-state index in [2.05, 4.69) is 34.6 Å². The van der Waals surface area contributed by atoms with E-state index in [0.717, 1.165) is 42.1 Å². The highest BCUT2D eigenvalue weighted by molar-refractivity contribution is 5.90. The maximum Gasteiger partial charge on any atom is 0.0933 e. The van der Waals surface area contributed by atoms with E-state index in [1.165, 1.54) is 43.9 Å². The van der Waals surface area contributed by atoms with Crippen molar-refractivity contribution < 1.29 is 4.74 Å². The fourth-order valence-electron chi connectivity index (χ4n) is 5.91. The number of nitrogens with zero attached hydrogens (tertiary/aromatic N) is 1. The SMILES string of the molecule is c1cnc2c(NCCOC34CC5CC(CC(C5)C3)C4)cccc2c1. The summed E-state index contributed by atoms with van der Waals surface area (Å²) >= 11 is 0. The molecule has 2 aromatic rings. The number of anilines is 1. The van der Waals surface area contributed by atoms with Gasteiger partial charge in [0.2, 0.25) is 0 Å². The second kappa shape index (κ2) is 5.73. The van der Waals surface area contributed by atoms with E-state index in [1.807, 2.05) is 12.3 Å². The van der Waals surface area contributed by atoms with Gasteiger partial charge in [0, 0.05) is 18.1 Å². The molecule has 4 aliphatic rings. The maximum absolute atomic E-state index is 6.49. The van der Waals surface area contributed by atoms with Crippen molar-refractivity contribution in [1.29, 1.82) is 0 Å². The van der Waals surface area contributed by atoms with Crippen LogP contribution in [0.5, 0.6) is 0 Å². The van der Waals surface area contributed by atoms with Crippen LogP contribution >= 0.6 is 0 Å². The lowest BCUT2D eigenvalue weighted by molar-refractivity contribution is -0.159. The highest BCUT2D eigenvalue weighted by atomic mass is 16.5. The van der Waals surface area contributed by atoms with Crippen LogP contribution in [0, 0.1) is 17.8 Å². The predicted octanol–water partition coefficient (Wildman–Crippen LogP) is 4.63. The number of para-hydroxylation sites is 1. The van der Waals surface area contributed by atoms with Crippen molar-refractivity contribution in [3.63, 3.8) is 0 Å². The molecule has 4 bridgehead atoms. The summed E-state index contributed by atoms with van der Waals surface area (Å²) in [4.78, 5) is 4.51. The largest absolute Gasteiger partial charge is 0.381 e. The second-order valence-corrected chi connectivity index (χ2v) is 8.26. The first-order chi connectivity index (χ1) is 11.8. The molecule has 0 aliphatic heterocycles. The average Bonchev–Trinajstić information content (AvgIpc) is 2.58. The van der Waals surface area contributed by atoms with Gasteiger partial charge in [0.25, 0.3) is 0 Å². The average molecular weight is 322 g/mol. The van der Waals surface area contributed by atoms with E-state index in [4.69, 9.17) is 4.74 Å². The molecule has 1 N–H and O–H groups in total. The van der Waals surface area contributed by atoms with E-state index in [9.17, 15) is 0 Å². The van der Waals surface area contributed by atoms with Crippen molar-refractivity contribution in [3.05, 3.63) is 36.5 Å². The van der Waals surface area contributed by atoms with Crippen molar-refractivity contribution in [1.82, 2.24) is 4.98 Å². The number of nitrogens with one attached hydrogen (secondary N) is 1. The van der Waals surface area contributed by atoms with E-state index in [1.54, 1.807) is 0 Å². The first-order valence-electron chi connectivity index (χ1n) is 9.51. The van der Waals surface area contributed by atoms with Gasteiger partial charge in [-0.05, 0) is 68.4 Å². The lowest BCUT2D eigenvalue weighted by Gasteiger charge is -2.56. The van der Waals surface area contributed by atoms with Gasteiger partial charge < -0.3 is 10.1 Å². The number of pyridine rings is 1. The molecule has 1 heterocycles. The summed E-state index contributed by atoms with van der Waals surface area (Å²) in [7, 11) is 0. The molecule has 4 aliphatic carbocycles. The molecular weight excluding hydrogens is 296 g/mol. The van der Waals surface area contributed by atoms with E-state index < -0.39 is 0 Å². The van der Waals surface area contributed by atoms with E-state index in [-0.39, 0.29) is 5.60 Å². The minimum absolute atomic E-state index is 0.216. The molecule has 6 rings (SSSR count). The molecule has 4 saturated carbocycles. The van der Waals surface area contributed by atoms with Crippen molar-refractivity contribution in [2.75, 3.05) is 18.5 Å². The number of aromatic nitrogens is 1. The van der Waals surface area contributed by atoms with Gasteiger partial charge in [0.15, 0.2) is 0 Å². The van der Waals surface area contributed by atoms with Gasteiger partial charge in [-0.15, -0.1) is 0 Å². The molecule has 0 spiro atoms. The summed E-state index contributed by atoms with van der Waals surface area (Å²) < 4.78 is 6.49. The minimum Gasteiger partial charge on any atom is -0.381 e. The van der Waals surface area contributed by atoms with Crippen LogP contribution in [0.15, 0.2) is 36.5 Å². The first-order valence-corrected chi connectivity index (χ1v) is 9.51. The quantitative estimate of drug-likeness (QED) is 0.815. The van der Waals surface area contributed by atoms with Crippen molar-refractivity contribution in [2.45, 2.75) is 44.1 Å². The summed E-state index contributed by atoms with van der Waals surface area (Å²) in [6.07, 6.45) is 10.2. The summed E-state index contributed by atoms with van der Waals surface area (Å²) in [6, 6.07) is 10.4. The zero-order valence-corrected chi connectivity index (χ0v) is 14.2. The van der Waals surface area contributed by atoms with Gasteiger partial charge in [-0.1, -0.05) is 18.2 Å². The van der Waals surface area contributed by atoms with Gasteiger partial charge in [-0.2, -0.15) is 0 Å². The van der Waals surface area contributed by atoms with Crippen LogP contribution in [-0.2, 0) is 4.74 Å². The van der Waals surface area contributed by atoms with E-state index >= 15 is 0 Å². The summed E-state index contributed by atoms with van der Waals surface area (Å²) in [5, 5.41) is 4.72. The number of rotatable bonds is 5. The van der Waals surface area contributed by atoms with Crippen molar-refractivity contribution in [3.8, 4) is 0 Å². The van der Waals surface area contributed by atoms with Gasteiger partial charge in [-0.3, -0.25) is 4.98 Å². The molecule has 3 heteroatoms. The van der Waals surface area contributed by atoms with Gasteiger partial charge in [-0.25, -0.2) is 0 Å². The van der Waals surface area contributed by atoms with Crippen molar-refractivity contribution in [2.24, 2.45) is 17.8 Å². The molecule has 24 heavy (non-hydrogen) atoms. The van der Waals surface area contributed by atoms with Gasteiger partial charge in [0.05, 0.1) is 23.4 Å². The Morgan fingerprint density at radius 1 is 1.00 bits per heavy atom. The normalized spacial score (nSPS) is 33.9. The summed E-state index contributed by atoms with van der Waals surface area (Å²) in [5.41, 5.74) is 2.38. The molecule has 3 nitrogen and oxygen atoms in total. The Balaban J connectivity index is 1.21. The molecule has 1 aromatic carbocycles. The number of fused-ring (bicyclic) bond motifs is 1. The van der Waals surface area contributed by atoms with Crippen LogP contribution in [0.3, 0.4) is 0 Å². The molecule has 0 atom stereocenters. The van der Waals surface area contributed by atoms with Crippen LogP contribution < -0.4 is 5.32 Å². The molecule has 0 unspecified atom stereocenters. The van der Waals surface area contributed by atoms with Crippen LogP contribution in [0.4, 0.5) is 5.69 Å². The number of hydrogen-bond acceptors (Lipinski definition) is 3. The van der Waals surface area contributed by atoms with Gasteiger partial charge >= 0.3 is 0 Å². The Morgan fingerprint density at radius 2 is 1.71 bits per heavy atom. The van der Waals surface area contributed by atoms with Crippen molar-refractivity contribution >= 4 is 16.6 Å². The maximum atomic E-state index is 6.49. The Hall–Kier alpha value is -1.61. The molecular formula is C21H26N2O. The first kappa shape index (κ1) is 14.7. The predicted molar refractivity (Wildman–Crippen MR) is 97.1 cm³/mol. The molecule has 126 valence electrons. The number of ether oxygens (including phenoxy) is 1. The lowest BCUT2D eigenvalue weighted by atomic mass is 9.54. The third kappa shape index (κ3) is 2.59. The summed E-state index contributed by atoms with van der Waals surface area (Å²) in [5.74, 6) is 2.85. The molecule has 4 fully saturated rings. The van der Waals surface area contributed by atoms with Crippen LogP contribution in [0.2, 0.25) is 0 Å². The smallest absolute Gasteiger partial charge is 0.0933 e. The van der Waals surface area contributed by atoms with Crippen LogP contribution in [0.25, 0.3) is 10.9 Å². The molecule has 1 aromatic heterocycles. The number of benzene rings is 1. The van der Waals surface area contributed by atoms with E-state index in [0.29, 0.717) is 0 Å². The monoisotopic (exact) mass is 322 g/mol. The Kier molecular flexibility index (Phi) is 3.51. The topological polar surface area (TPSA) is 34.2 Å². The summed E-state index contributed by atoms with van der Waals surface area (Å²) in [6.45, 7) is 1.66. The Morgan fingerprint density at radius 3 is 2.46 bits per heavy atom. The van der Waals surface area contributed by atoms with Crippen LogP contribution in [-0.4, -0.2) is 23.7 Å². The molecule has 0 saturated heterocycles. The third-order valence-electron chi connectivity index (χ3n) is 6.44. The standard InChI is InChI=1S/C21H26N2O/c1-3-18-4-2-6-23-20(18)19(5-1)22-7-8-24-21-12-15-9-16(13-21)11-17(10-15)14-21/h1-6,15-17,22H,7-14H2. The zero-order valence-electron chi connectivity index (χ0n) is 14.2. The highest BCUT2D eigenvalue weighted by Gasteiger charge is 2.51. The minimum atomic E-state index is 0.216. The second-order valence-electron chi connectivity index (χ2n) is 8.26. The third-order valence-corrected chi connectivity index (χ3v) is 6.44. The molecule has 0 radical (unpaired) electrons. The number of hydrogen-bond donors (Lipinski definition) is 1. The van der Waals surface area contributed by atoms with Crippen LogP contribution in [0.1, 0.15) is 38.5 Å². The highest BCUT2D eigenvalue weighted by Crippen LogP contribution is 2.57. The zero-order chi connectivity index (χ0) is 16.0. The lowest BCUT2D eigenvalue weighted by Crippen LogP contribution is -2.52. The van der Waals surface area contributed by atoms with Gasteiger partial charge in [0.1, 0.15) is 0 Å². The molecule has 0 amide bonds. The fourth-order valence-corrected chi connectivity index (χ4v) is 5.91. The fraction of sp³-hybridized carbons (Fsp3) is 0.571. The Bertz CT molecular complexity index is 701.